The molecule has 0 spiro atoms. The highest BCUT2D eigenvalue weighted by molar-refractivity contribution is 6.42. The molecule has 0 heterocycles. The van der Waals surface area contributed by atoms with Gasteiger partial charge in [0.1, 0.15) is 0 Å². The van der Waals surface area contributed by atoms with Crippen molar-refractivity contribution in [2.75, 3.05) is 5.32 Å². The average Bonchev–Trinajstić information content (AvgIpc) is 2.37. The Morgan fingerprint density at radius 1 is 1.00 bits per heavy atom. The van der Waals surface area contributed by atoms with Crippen LogP contribution in [0, 0.1) is 6.92 Å². The predicted octanol–water partition coefficient (Wildman–Crippen LogP) is 5.14. The molecule has 0 radical (unpaired) electrons. The van der Waals surface area contributed by atoms with Crippen LogP contribution in [0.2, 0.25) is 15.1 Å². The maximum Gasteiger partial charge on any atom is 0.228 e. The molecule has 1 amide bonds. The van der Waals surface area contributed by atoms with E-state index < -0.39 is 0 Å². The quantitative estimate of drug-likeness (QED) is 0.830. The number of hydrogen-bond acceptors (Lipinski definition) is 1. The molecule has 2 aromatic rings. The van der Waals surface area contributed by atoms with E-state index in [1.807, 2.05) is 13.0 Å². The summed E-state index contributed by atoms with van der Waals surface area (Å²) in [6, 6.07) is 10.6. The van der Waals surface area contributed by atoms with E-state index in [4.69, 9.17) is 34.8 Å². The van der Waals surface area contributed by atoms with Crippen LogP contribution in [-0.4, -0.2) is 5.91 Å². The third kappa shape index (κ3) is 3.89. The SMILES string of the molecule is Cc1ccc(NC(=O)Cc2ccc(Cl)c(Cl)c2)c(Cl)c1. The van der Waals surface area contributed by atoms with Gasteiger partial charge in [-0.1, -0.05) is 46.9 Å². The Morgan fingerprint density at radius 3 is 2.40 bits per heavy atom. The zero-order chi connectivity index (χ0) is 14.7. The number of benzene rings is 2. The fourth-order valence-electron chi connectivity index (χ4n) is 1.75. The van der Waals surface area contributed by atoms with Gasteiger partial charge in [0.05, 0.1) is 27.2 Å². The molecular formula is C15H12Cl3NO. The molecule has 0 aliphatic rings. The van der Waals surface area contributed by atoms with Crippen LogP contribution in [0.1, 0.15) is 11.1 Å². The highest BCUT2D eigenvalue weighted by Gasteiger charge is 2.08. The lowest BCUT2D eigenvalue weighted by Gasteiger charge is -2.08. The van der Waals surface area contributed by atoms with Gasteiger partial charge in [-0.3, -0.25) is 4.79 Å². The van der Waals surface area contributed by atoms with E-state index in [2.05, 4.69) is 5.32 Å². The van der Waals surface area contributed by atoms with Crippen LogP contribution in [0.15, 0.2) is 36.4 Å². The number of halogens is 3. The summed E-state index contributed by atoms with van der Waals surface area (Å²) in [5.74, 6) is -0.158. The molecule has 0 atom stereocenters. The van der Waals surface area contributed by atoms with Crippen molar-refractivity contribution in [3.05, 3.63) is 62.6 Å². The van der Waals surface area contributed by atoms with Crippen LogP contribution in [0.4, 0.5) is 5.69 Å². The molecule has 1 N–H and O–H groups in total. The second kappa shape index (κ2) is 6.49. The lowest BCUT2D eigenvalue weighted by atomic mass is 10.1. The molecule has 0 saturated heterocycles. The van der Waals surface area contributed by atoms with Crippen molar-refractivity contribution >= 4 is 46.4 Å². The Balaban J connectivity index is 2.07. The molecule has 0 aliphatic heterocycles. The van der Waals surface area contributed by atoms with Crippen LogP contribution in [0.25, 0.3) is 0 Å². The summed E-state index contributed by atoms with van der Waals surface area (Å²) in [4.78, 5) is 12.0. The van der Waals surface area contributed by atoms with Gasteiger partial charge in [0.2, 0.25) is 5.91 Å². The van der Waals surface area contributed by atoms with Crippen LogP contribution in [0.5, 0.6) is 0 Å². The number of hydrogen-bond donors (Lipinski definition) is 1. The molecule has 0 aromatic heterocycles. The largest absolute Gasteiger partial charge is 0.324 e. The van der Waals surface area contributed by atoms with Gasteiger partial charge in [-0.05, 0) is 42.3 Å². The second-order valence-corrected chi connectivity index (χ2v) is 5.68. The number of rotatable bonds is 3. The summed E-state index contributed by atoms with van der Waals surface area (Å²) in [5.41, 5.74) is 2.43. The summed E-state index contributed by atoms with van der Waals surface area (Å²) in [6.07, 6.45) is 0.209. The summed E-state index contributed by atoms with van der Waals surface area (Å²) in [5, 5.41) is 4.20. The van der Waals surface area contributed by atoms with Crippen molar-refractivity contribution in [3.8, 4) is 0 Å². The molecule has 0 saturated carbocycles. The van der Waals surface area contributed by atoms with E-state index in [0.29, 0.717) is 20.8 Å². The van der Waals surface area contributed by atoms with Gasteiger partial charge in [0, 0.05) is 0 Å². The number of amides is 1. The summed E-state index contributed by atoms with van der Waals surface area (Å²) >= 11 is 17.8. The van der Waals surface area contributed by atoms with Crippen molar-refractivity contribution in [2.45, 2.75) is 13.3 Å². The minimum atomic E-state index is -0.158. The zero-order valence-electron chi connectivity index (χ0n) is 10.7. The summed E-state index contributed by atoms with van der Waals surface area (Å²) in [7, 11) is 0. The average molecular weight is 329 g/mol. The summed E-state index contributed by atoms with van der Waals surface area (Å²) < 4.78 is 0. The third-order valence-corrected chi connectivity index (χ3v) is 3.80. The van der Waals surface area contributed by atoms with Crippen molar-refractivity contribution in [3.63, 3.8) is 0 Å². The number of aryl methyl sites for hydroxylation is 1. The molecule has 0 unspecified atom stereocenters. The predicted molar refractivity (Wildman–Crippen MR) is 85.0 cm³/mol. The maximum atomic E-state index is 12.0. The molecular weight excluding hydrogens is 317 g/mol. The smallest absolute Gasteiger partial charge is 0.228 e. The Hall–Kier alpha value is -1.22. The van der Waals surface area contributed by atoms with E-state index in [-0.39, 0.29) is 12.3 Å². The molecule has 2 aromatic carbocycles. The molecule has 0 fully saturated rings. The molecule has 104 valence electrons. The highest BCUT2D eigenvalue weighted by Crippen LogP contribution is 2.24. The van der Waals surface area contributed by atoms with Crippen molar-refractivity contribution in [2.24, 2.45) is 0 Å². The van der Waals surface area contributed by atoms with Crippen LogP contribution >= 0.6 is 34.8 Å². The van der Waals surface area contributed by atoms with Gasteiger partial charge in [-0.2, -0.15) is 0 Å². The number of nitrogens with one attached hydrogen (secondary N) is 1. The van der Waals surface area contributed by atoms with Crippen LogP contribution in [-0.2, 0) is 11.2 Å². The highest BCUT2D eigenvalue weighted by atomic mass is 35.5. The molecule has 2 rings (SSSR count). The van der Waals surface area contributed by atoms with E-state index in [0.717, 1.165) is 11.1 Å². The third-order valence-electron chi connectivity index (χ3n) is 2.75. The first kappa shape index (κ1) is 15.2. The molecule has 5 heteroatoms. The first-order valence-corrected chi connectivity index (χ1v) is 7.09. The van der Waals surface area contributed by atoms with Crippen molar-refractivity contribution in [1.82, 2.24) is 0 Å². The first-order chi connectivity index (χ1) is 9.45. The molecule has 20 heavy (non-hydrogen) atoms. The summed E-state index contributed by atoms with van der Waals surface area (Å²) in [6.45, 7) is 1.94. The normalized spacial score (nSPS) is 10.4. The first-order valence-electron chi connectivity index (χ1n) is 5.95. The van der Waals surface area contributed by atoms with E-state index >= 15 is 0 Å². The molecule has 0 aliphatic carbocycles. The standard InChI is InChI=1S/C15H12Cl3NO/c1-9-2-5-14(13(18)6-9)19-15(20)8-10-3-4-11(16)12(17)7-10/h2-7H,8H2,1H3,(H,19,20). The molecule has 0 bridgehead atoms. The van der Waals surface area contributed by atoms with Crippen molar-refractivity contribution in [1.29, 1.82) is 0 Å². The number of anilines is 1. The lowest BCUT2D eigenvalue weighted by Crippen LogP contribution is -2.14. The van der Waals surface area contributed by atoms with Gasteiger partial charge in [-0.15, -0.1) is 0 Å². The van der Waals surface area contributed by atoms with Gasteiger partial charge in [0.25, 0.3) is 0 Å². The Morgan fingerprint density at radius 2 is 1.75 bits per heavy atom. The number of carbonyl (C=O) groups excluding carboxylic acids is 1. The van der Waals surface area contributed by atoms with Crippen LogP contribution in [0.3, 0.4) is 0 Å². The second-order valence-electron chi connectivity index (χ2n) is 4.46. The fourth-order valence-corrected chi connectivity index (χ4v) is 2.35. The van der Waals surface area contributed by atoms with E-state index in [1.54, 1.807) is 30.3 Å². The monoisotopic (exact) mass is 327 g/mol. The maximum absolute atomic E-state index is 12.0. The fraction of sp³-hybridized carbons (Fsp3) is 0.133. The van der Waals surface area contributed by atoms with Gasteiger partial charge in [0.15, 0.2) is 0 Å². The minimum Gasteiger partial charge on any atom is -0.324 e. The van der Waals surface area contributed by atoms with Gasteiger partial charge >= 0.3 is 0 Å². The van der Waals surface area contributed by atoms with Crippen LogP contribution < -0.4 is 5.32 Å². The zero-order valence-corrected chi connectivity index (χ0v) is 13.0. The van der Waals surface area contributed by atoms with Gasteiger partial charge in [-0.25, -0.2) is 0 Å². The Bertz CT molecular complexity index is 656. The topological polar surface area (TPSA) is 29.1 Å². The number of carbonyl (C=O) groups is 1. The molecule has 2 nitrogen and oxygen atoms in total. The Labute approximate surface area is 132 Å². The van der Waals surface area contributed by atoms with E-state index in [1.165, 1.54) is 0 Å². The lowest BCUT2D eigenvalue weighted by molar-refractivity contribution is -0.115. The minimum absolute atomic E-state index is 0.158. The van der Waals surface area contributed by atoms with E-state index in [9.17, 15) is 4.79 Å². The Kier molecular flexibility index (Phi) is 4.92. The van der Waals surface area contributed by atoms with Gasteiger partial charge < -0.3 is 5.32 Å². The van der Waals surface area contributed by atoms with Crippen molar-refractivity contribution < 1.29 is 4.79 Å².